The summed E-state index contributed by atoms with van der Waals surface area (Å²) in [5, 5.41) is 5.51. The molecule has 0 aliphatic rings. The van der Waals surface area contributed by atoms with E-state index in [4.69, 9.17) is 4.42 Å². The van der Waals surface area contributed by atoms with Gasteiger partial charge in [-0.2, -0.15) is 0 Å². The second kappa shape index (κ2) is 15.8. The van der Waals surface area contributed by atoms with Crippen LogP contribution in [0.5, 0.6) is 0 Å². The zero-order valence-corrected chi connectivity index (χ0v) is 18.2. The lowest BCUT2D eigenvalue weighted by Gasteiger charge is -2.07. The number of unbranched alkanes of at least 4 members (excludes halogenated alkanes) is 10. The smallest absolute Gasteiger partial charge is 0.287 e. The number of carbonyl (C=O) groups excluding carboxylic acids is 2. The number of hydrogen-bond donors (Lipinski definition) is 2. The Morgan fingerprint density at radius 1 is 0.690 bits per heavy atom. The van der Waals surface area contributed by atoms with Crippen LogP contribution in [0, 0.1) is 0 Å². The second-order valence-corrected chi connectivity index (χ2v) is 7.57. The minimum absolute atomic E-state index is 0.117. The lowest BCUT2D eigenvalue weighted by molar-refractivity contribution is 0.0893. The summed E-state index contributed by atoms with van der Waals surface area (Å²) >= 11 is 0. The summed E-state index contributed by atoms with van der Waals surface area (Å²) in [5.74, 6) is -1.15. The van der Waals surface area contributed by atoms with Gasteiger partial charge in [0.1, 0.15) is 0 Å². The van der Waals surface area contributed by atoms with Crippen LogP contribution in [0.2, 0.25) is 0 Å². The third-order valence-corrected chi connectivity index (χ3v) is 4.85. The van der Waals surface area contributed by atoms with Crippen LogP contribution in [0.25, 0.3) is 0 Å². The molecule has 0 fully saturated rings. The fourth-order valence-electron chi connectivity index (χ4n) is 3.09. The largest absolute Gasteiger partial charge is 0.445 e. The number of nitrogens with one attached hydrogen (secondary N) is 2. The number of carbonyl (C=O) groups is 2. The van der Waals surface area contributed by atoms with Crippen LogP contribution in [0.3, 0.4) is 0 Å². The molecule has 0 spiro atoms. The summed E-state index contributed by atoms with van der Waals surface area (Å²) in [6.07, 6.45) is 13.5. The predicted molar refractivity (Wildman–Crippen MR) is 116 cm³/mol. The van der Waals surface area contributed by atoms with Crippen molar-refractivity contribution in [2.75, 3.05) is 13.1 Å². The van der Waals surface area contributed by atoms with Crippen LogP contribution in [-0.2, 0) is 0 Å². The van der Waals surface area contributed by atoms with Crippen LogP contribution >= 0.6 is 0 Å². The highest BCUT2D eigenvalue weighted by Gasteiger charge is 2.15. The van der Waals surface area contributed by atoms with E-state index in [9.17, 15) is 14.4 Å². The molecule has 164 valence electrons. The van der Waals surface area contributed by atoms with Crippen molar-refractivity contribution in [3.8, 4) is 0 Å². The van der Waals surface area contributed by atoms with E-state index in [2.05, 4.69) is 24.5 Å². The first kappa shape index (κ1) is 24.9. The van der Waals surface area contributed by atoms with Crippen LogP contribution in [-0.4, -0.2) is 24.9 Å². The van der Waals surface area contributed by atoms with Gasteiger partial charge in [-0.1, -0.05) is 78.1 Å². The van der Waals surface area contributed by atoms with Gasteiger partial charge < -0.3 is 15.1 Å². The van der Waals surface area contributed by atoms with Gasteiger partial charge >= 0.3 is 0 Å². The minimum atomic E-state index is -0.457. The van der Waals surface area contributed by atoms with Gasteiger partial charge in [0, 0.05) is 25.2 Å². The molecule has 2 amide bonds. The summed E-state index contributed by atoms with van der Waals surface area (Å²) in [4.78, 5) is 36.3. The molecule has 1 heterocycles. The molecular formula is C23H38N2O4. The van der Waals surface area contributed by atoms with E-state index in [0.29, 0.717) is 13.1 Å². The van der Waals surface area contributed by atoms with Crippen molar-refractivity contribution >= 4 is 11.8 Å². The topological polar surface area (TPSA) is 88.4 Å². The third kappa shape index (κ3) is 11.5. The molecule has 6 heteroatoms. The Balaban J connectivity index is 2.39. The first-order valence-corrected chi connectivity index (χ1v) is 11.3. The van der Waals surface area contributed by atoms with Gasteiger partial charge in [-0.3, -0.25) is 14.4 Å². The van der Waals surface area contributed by atoms with E-state index in [1.54, 1.807) is 0 Å². The molecule has 0 unspecified atom stereocenters. The van der Waals surface area contributed by atoms with Crippen molar-refractivity contribution < 1.29 is 14.0 Å². The van der Waals surface area contributed by atoms with Crippen molar-refractivity contribution in [2.24, 2.45) is 0 Å². The molecular weight excluding hydrogens is 368 g/mol. The standard InChI is InChI=1S/C23H38N2O4/c1-3-5-7-9-11-13-15-24-22(27)20-17-19(26)18-21(29-20)23(28)25-16-14-12-10-8-6-4-2/h17-18H,3-16H2,1-2H3,(H,24,27)(H,25,28). The van der Waals surface area contributed by atoms with Gasteiger partial charge in [0.2, 0.25) is 0 Å². The van der Waals surface area contributed by atoms with Crippen molar-refractivity contribution in [2.45, 2.75) is 90.9 Å². The molecule has 1 rings (SSSR count). The van der Waals surface area contributed by atoms with Crippen LogP contribution < -0.4 is 16.1 Å². The van der Waals surface area contributed by atoms with E-state index < -0.39 is 17.2 Å². The molecule has 0 saturated carbocycles. The first-order valence-electron chi connectivity index (χ1n) is 11.3. The van der Waals surface area contributed by atoms with Crippen LogP contribution in [0.1, 0.15) is 112 Å². The maximum absolute atomic E-state index is 12.2. The molecule has 2 N–H and O–H groups in total. The SMILES string of the molecule is CCCCCCCCNC(=O)c1cc(=O)cc(C(=O)NCCCCCCCC)o1. The maximum Gasteiger partial charge on any atom is 0.287 e. The van der Waals surface area contributed by atoms with Gasteiger partial charge in [0.15, 0.2) is 16.9 Å². The molecule has 0 radical (unpaired) electrons. The summed E-state index contributed by atoms with van der Waals surface area (Å²) in [7, 11) is 0. The summed E-state index contributed by atoms with van der Waals surface area (Å²) in [6.45, 7) is 5.42. The average Bonchev–Trinajstić information content (AvgIpc) is 2.71. The van der Waals surface area contributed by atoms with E-state index in [-0.39, 0.29) is 11.5 Å². The molecule has 1 aromatic heterocycles. The Morgan fingerprint density at radius 3 is 1.48 bits per heavy atom. The zero-order valence-electron chi connectivity index (χ0n) is 18.2. The van der Waals surface area contributed by atoms with Crippen LogP contribution in [0.4, 0.5) is 0 Å². The molecule has 0 aliphatic heterocycles. The van der Waals surface area contributed by atoms with E-state index in [1.807, 2.05) is 0 Å². The lowest BCUT2D eigenvalue weighted by atomic mass is 10.1. The molecule has 0 saturated heterocycles. The van der Waals surface area contributed by atoms with E-state index in [1.165, 1.54) is 38.5 Å². The molecule has 0 atom stereocenters. The van der Waals surface area contributed by atoms with Crippen LogP contribution in [0.15, 0.2) is 21.3 Å². The summed E-state index contributed by atoms with van der Waals surface area (Å²) in [6, 6.07) is 2.25. The van der Waals surface area contributed by atoms with Crippen molar-refractivity contribution in [3.63, 3.8) is 0 Å². The molecule has 29 heavy (non-hydrogen) atoms. The molecule has 6 nitrogen and oxygen atoms in total. The van der Waals surface area contributed by atoms with Gasteiger partial charge in [0.05, 0.1) is 0 Å². The molecule has 0 bridgehead atoms. The Bertz CT molecular complexity index is 603. The highest BCUT2D eigenvalue weighted by molar-refractivity contribution is 5.94. The molecule has 0 aliphatic carbocycles. The lowest BCUT2D eigenvalue weighted by Crippen LogP contribution is -2.28. The maximum atomic E-state index is 12.2. The Kier molecular flexibility index (Phi) is 13.6. The highest BCUT2D eigenvalue weighted by Crippen LogP contribution is 2.06. The second-order valence-electron chi connectivity index (χ2n) is 7.57. The zero-order chi connectivity index (χ0) is 21.3. The number of rotatable bonds is 16. The molecule has 0 aromatic carbocycles. The van der Waals surface area contributed by atoms with Gasteiger partial charge in [-0.25, -0.2) is 0 Å². The van der Waals surface area contributed by atoms with Gasteiger partial charge in [0.25, 0.3) is 11.8 Å². The summed E-state index contributed by atoms with van der Waals surface area (Å²) in [5.41, 5.74) is -0.411. The number of hydrogen-bond acceptors (Lipinski definition) is 4. The van der Waals surface area contributed by atoms with Gasteiger partial charge in [-0.05, 0) is 12.8 Å². The average molecular weight is 407 g/mol. The van der Waals surface area contributed by atoms with Crippen molar-refractivity contribution in [3.05, 3.63) is 33.9 Å². The van der Waals surface area contributed by atoms with Gasteiger partial charge in [-0.15, -0.1) is 0 Å². The van der Waals surface area contributed by atoms with Crippen molar-refractivity contribution in [1.29, 1.82) is 0 Å². The Morgan fingerprint density at radius 2 is 1.07 bits per heavy atom. The highest BCUT2D eigenvalue weighted by atomic mass is 16.4. The number of amides is 2. The van der Waals surface area contributed by atoms with Crippen molar-refractivity contribution in [1.82, 2.24) is 10.6 Å². The Hall–Kier alpha value is -2.11. The third-order valence-electron chi connectivity index (χ3n) is 4.85. The first-order chi connectivity index (χ1) is 14.1. The minimum Gasteiger partial charge on any atom is -0.445 e. The normalized spacial score (nSPS) is 10.7. The van der Waals surface area contributed by atoms with E-state index in [0.717, 1.165) is 50.7 Å². The molecule has 1 aromatic rings. The predicted octanol–water partition coefficient (Wildman–Crippen LogP) is 4.82. The monoisotopic (exact) mass is 406 g/mol. The van der Waals surface area contributed by atoms with E-state index >= 15 is 0 Å². The fourth-order valence-corrected chi connectivity index (χ4v) is 3.09. The fraction of sp³-hybridized carbons (Fsp3) is 0.696. The Labute approximate surface area is 174 Å². The quantitative estimate of drug-likeness (QED) is 0.385. The summed E-state index contributed by atoms with van der Waals surface area (Å²) < 4.78 is 5.38.